The number of halogens is 2. The van der Waals surface area contributed by atoms with Crippen molar-refractivity contribution in [3.8, 4) is 22.7 Å². The average molecular weight is 386 g/mol. The maximum Gasteiger partial charge on any atom is 0.345 e. The summed E-state index contributed by atoms with van der Waals surface area (Å²) in [6.07, 6.45) is 1.53. The normalized spacial score (nSPS) is 11.1. The zero-order valence-corrected chi connectivity index (χ0v) is 14.8. The molecule has 4 aromatic rings. The Morgan fingerprint density at radius 1 is 1.15 bits per heavy atom. The fourth-order valence-electron chi connectivity index (χ4n) is 2.83. The number of para-hydroxylation sites is 1. The molecule has 8 heteroatoms. The molecule has 2 aromatic carbocycles. The molecule has 0 aliphatic heterocycles. The van der Waals surface area contributed by atoms with Gasteiger partial charge in [-0.1, -0.05) is 12.1 Å². The number of nitrogens with one attached hydrogen (secondary N) is 1. The molecule has 0 atom stereocenters. The van der Waals surface area contributed by atoms with Gasteiger partial charge in [0, 0.05) is 17.6 Å². The Kier molecular flexibility index (Phi) is 4.12. The molecule has 0 spiro atoms. The van der Waals surface area contributed by atoms with Gasteiger partial charge in [-0.3, -0.25) is 4.57 Å². The Bertz CT molecular complexity index is 1290. The Balaban J connectivity index is 1.87. The number of benzene rings is 2. The fraction of sp³-hybridized carbons (Fsp3) is 0.0526. The highest BCUT2D eigenvalue weighted by atomic mass is 32.1. The predicted molar refractivity (Wildman–Crippen MR) is 98.9 cm³/mol. The monoisotopic (exact) mass is 386 g/mol. The molecule has 27 heavy (non-hydrogen) atoms. The van der Waals surface area contributed by atoms with E-state index in [-0.39, 0.29) is 10.3 Å². The first-order chi connectivity index (χ1) is 13.0. The molecule has 0 radical (unpaired) electrons. The number of hydrogen-bond acceptors (Lipinski definition) is 4. The van der Waals surface area contributed by atoms with Crippen molar-refractivity contribution < 1.29 is 17.9 Å². The molecule has 0 saturated heterocycles. The van der Waals surface area contributed by atoms with Crippen LogP contribution >= 0.6 is 12.2 Å². The van der Waals surface area contributed by atoms with Gasteiger partial charge in [-0.05, 0) is 36.5 Å². The number of nitrogens with zero attached hydrogens (tertiary/aromatic N) is 1. The van der Waals surface area contributed by atoms with Crippen LogP contribution in [-0.4, -0.2) is 16.7 Å². The Morgan fingerprint density at radius 2 is 1.96 bits per heavy atom. The van der Waals surface area contributed by atoms with Crippen molar-refractivity contribution in [2.24, 2.45) is 0 Å². The molecule has 0 aliphatic rings. The van der Waals surface area contributed by atoms with Gasteiger partial charge in [0.05, 0.1) is 24.1 Å². The van der Waals surface area contributed by atoms with E-state index < -0.39 is 17.3 Å². The third-order valence-corrected chi connectivity index (χ3v) is 4.43. The molecule has 0 saturated carbocycles. The minimum Gasteiger partial charge on any atom is -0.493 e. The lowest BCUT2D eigenvalue weighted by Crippen LogP contribution is -2.03. The topological polar surface area (TPSA) is 60.2 Å². The number of methoxy groups -OCH3 is 1. The van der Waals surface area contributed by atoms with Crippen LogP contribution < -0.4 is 10.4 Å². The molecule has 0 amide bonds. The summed E-state index contributed by atoms with van der Waals surface area (Å²) < 4.78 is 39.0. The SMILES string of the molecule is COc1cccc2cc(-c3cn(-c4ccc(F)c(F)c4)c(=S)[nH]3)c(=O)oc12. The number of ether oxygens (including phenoxy) is 1. The molecule has 2 aromatic heterocycles. The second kappa shape index (κ2) is 6.48. The highest BCUT2D eigenvalue weighted by molar-refractivity contribution is 7.71. The van der Waals surface area contributed by atoms with Gasteiger partial charge >= 0.3 is 5.63 Å². The van der Waals surface area contributed by atoms with Crippen molar-refractivity contribution in [1.82, 2.24) is 9.55 Å². The maximum atomic E-state index is 13.5. The third-order valence-electron chi connectivity index (χ3n) is 4.13. The van der Waals surface area contributed by atoms with E-state index in [1.165, 1.54) is 23.9 Å². The molecule has 0 fully saturated rings. The lowest BCUT2D eigenvalue weighted by atomic mass is 10.1. The number of hydrogen-bond donors (Lipinski definition) is 1. The second-order valence-corrected chi connectivity index (χ2v) is 6.15. The van der Waals surface area contributed by atoms with E-state index in [0.29, 0.717) is 28.1 Å². The quantitative estimate of drug-likeness (QED) is 0.413. The zero-order valence-electron chi connectivity index (χ0n) is 14.0. The van der Waals surface area contributed by atoms with Crippen LogP contribution in [0, 0.1) is 16.4 Å². The molecular formula is C19H12F2N2O3S. The molecule has 1 N–H and O–H groups in total. The summed E-state index contributed by atoms with van der Waals surface area (Å²) in [5.41, 5.74) is 0.729. The summed E-state index contributed by atoms with van der Waals surface area (Å²) in [6.45, 7) is 0. The van der Waals surface area contributed by atoms with E-state index in [9.17, 15) is 13.6 Å². The number of H-pyrrole nitrogens is 1. The first-order valence-electron chi connectivity index (χ1n) is 7.86. The standard InChI is InChI=1S/C19H12F2N2O3S/c1-25-16-4-2-3-10-7-12(18(24)26-17(10)16)15-9-23(19(27)22-15)11-5-6-13(20)14(21)8-11/h2-9H,1H3,(H,22,27). The molecule has 136 valence electrons. The van der Waals surface area contributed by atoms with E-state index in [2.05, 4.69) is 4.98 Å². The Morgan fingerprint density at radius 3 is 2.70 bits per heavy atom. The summed E-state index contributed by atoms with van der Waals surface area (Å²) >= 11 is 5.25. The Labute approximate surface area is 156 Å². The predicted octanol–water partition coefficient (Wildman–Crippen LogP) is 4.60. The van der Waals surface area contributed by atoms with E-state index >= 15 is 0 Å². The van der Waals surface area contributed by atoms with Crippen LogP contribution in [0.1, 0.15) is 0 Å². The summed E-state index contributed by atoms with van der Waals surface area (Å²) in [5, 5.41) is 0.670. The smallest absolute Gasteiger partial charge is 0.345 e. The van der Waals surface area contributed by atoms with Crippen LogP contribution in [0.4, 0.5) is 8.78 Å². The van der Waals surface area contributed by atoms with Crippen LogP contribution in [0.15, 0.2) is 57.9 Å². The minimum atomic E-state index is -0.991. The van der Waals surface area contributed by atoms with Gasteiger partial charge in [-0.25, -0.2) is 13.6 Å². The number of aromatic nitrogens is 2. The largest absolute Gasteiger partial charge is 0.493 e. The molecule has 0 aliphatic carbocycles. The highest BCUT2D eigenvalue weighted by Crippen LogP contribution is 2.27. The third kappa shape index (κ3) is 2.93. The number of fused-ring (bicyclic) bond motifs is 1. The summed E-state index contributed by atoms with van der Waals surface area (Å²) in [5.74, 6) is -1.50. The molecule has 0 bridgehead atoms. The van der Waals surface area contributed by atoms with Crippen molar-refractivity contribution in [2.75, 3.05) is 7.11 Å². The average Bonchev–Trinajstić information content (AvgIpc) is 3.04. The number of rotatable bonds is 3. The van der Waals surface area contributed by atoms with Crippen molar-refractivity contribution in [2.45, 2.75) is 0 Å². The van der Waals surface area contributed by atoms with Gasteiger partial charge in [0.2, 0.25) is 0 Å². The molecular weight excluding hydrogens is 374 g/mol. The molecule has 4 rings (SSSR count). The second-order valence-electron chi connectivity index (χ2n) is 5.77. The van der Waals surface area contributed by atoms with Crippen LogP contribution in [0.5, 0.6) is 5.75 Å². The van der Waals surface area contributed by atoms with Gasteiger partial charge in [0.25, 0.3) is 0 Å². The van der Waals surface area contributed by atoms with Crippen LogP contribution in [0.3, 0.4) is 0 Å². The van der Waals surface area contributed by atoms with Gasteiger partial charge in [-0.15, -0.1) is 0 Å². The van der Waals surface area contributed by atoms with Gasteiger partial charge in [-0.2, -0.15) is 0 Å². The Hall–Kier alpha value is -3.26. The highest BCUT2D eigenvalue weighted by Gasteiger charge is 2.14. The summed E-state index contributed by atoms with van der Waals surface area (Å²) in [6, 6.07) is 10.3. The van der Waals surface area contributed by atoms with Gasteiger partial charge < -0.3 is 14.1 Å². The first kappa shape index (κ1) is 17.2. The van der Waals surface area contributed by atoms with E-state index in [4.69, 9.17) is 21.4 Å². The summed E-state index contributed by atoms with van der Waals surface area (Å²) in [7, 11) is 1.49. The lowest BCUT2D eigenvalue weighted by Gasteiger charge is -2.05. The number of aromatic amines is 1. The van der Waals surface area contributed by atoms with Crippen molar-refractivity contribution >= 4 is 23.2 Å². The van der Waals surface area contributed by atoms with E-state index in [1.54, 1.807) is 24.3 Å². The van der Waals surface area contributed by atoms with Crippen LogP contribution in [-0.2, 0) is 0 Å². The van der Waals surface area contributed by atoms with E-state index in [1.807, 2.05) is 0 Å². The molecule has 0 unspecified atom stereocenters. The summed E-state index contributed by atoms with van der Waals surface area (Å²) in [4.78, 5) is 15.4. The van der Waals surface area contributed by atoms with Crippen molar-refractivity contribution in [1.29, 1.82) is 0 Å². The van der Waals surface area contributed by atoms with Gasteiger partial charge in [0.1, 0.15) is 0 Å². The maximum absolute atomic E-state index is 13.5. The first-order valence-corrected chi connectivity index (χ1v) is 8.27. The van der Waals surface area contributed by atoms with E-state index in [0.717, 1.165) is 12.1 Å². The number of imidazole rings is 1. The van der Waals surface area contributed by atoms with Gasteiger partial charge in [0.15, 0.2) is 27.7 Å². The van der Waals surface area contributed by atoms with Crippen molar-refractivity contribution in [3.63, 3.8) is 0 Å². The zero-order chi connectivity index (χ0) is 19.1. The van der Waals surface area contributed by atoms with Crippen LogP contribution in [0.25, 0.3) is 27.9 Å². The van der Waals surface area contributed by atoms with Crippen LogP contribution in [0.2, 0.25) is 0 Å². The lowest BCUT2D eigenvalue weighted by molar-refractivity contribution is 0.407. The minimum absolute atomic E-state index is 0.223. The van der Waals surface area contributed by atoms with Crippen molar-refractivity contribution in [3.05, 3.63) is 75.5 Å². The molecule has 2 heterocycles. The molecule has 5 nitrogen and oxygen atoms in total. The fourth-order valence-corrected chi connectivity index (χ4v) is 3.09.